The van der Waals surface area contributed by atoms with Crippen LogP contribution in [0.5, 0.6) is 0 Å². The molecular formula is C11H16N2O. The average Bonchev–Trinajstić information content (AvgIpc) is 2.47. The Labute approximate surface area is 84.6 Å². The molecule has 2 aliphatic rings. The maximum atomic E-state index is 5.62. The molecule has 0 aromatic heterocycles. The molecule has 2 heterocycles. The van der Waals surface area contributed by atoms with Gasteiger partial charge in [-0.3, -0.25) is 4.99 Å². The van der Waals surface area contributed by atoms with Gasteiger partial charge in [0.25, 0.3) is 0 Å². The second-order valence-corrected chi connectivity index (χ2v) is 4.49. The van der Waals surface area contributed by atoms with Crippen LogP contribution in [-0.4, -0.2) is 18.4 Å². The van der Waals surface area contributed by atoms with Crippen molar-refractivity contribution in [1.29, 1.82) is 0 Å². The van der Waals surface area contributed by atoms with E-state index in [-0.39, 0.29) is 5.54 Å². The van der Waals surface area contributed by atoms with Crippen LogP contribution in [0.2, 0.25) is 0 Å². The van der Waals surface area contributed by atoms with E-state index in [1.165, 1.54) is 0 Å². The summed E-state index contributed by atoms with van der Waals surface area (Å²) in [5, 5.41) is 3.36. The lowest BCUT2D eigenvalue weighted by Gasteiger charge is -2.16. The quantitative estimate of drug-likeness (QED) is 0.635. The number of rotatable bonds is 0. The van der Waals surface area contributed by atoms with Gasteiger partial charge in [-0.25, -0.2) is 0 Å². The second kappa shape index (κ2) is 3.15. The van der Waals surface area contributed by atoms with E-state index < -0.39 is 0 Å². The summed E-state index contributed by atoms with van der Waals surface area (Å²) in [6, 6.07) is 0. The van der Waals surface area contributed by atoms with Gasteiger partial charge in [-0.15, -0.1) is 0 Å². The Bertz CT molecular complexity index is 326. The largest absolute Gasteiger partial charge is 0.476 e. The first-order valence-electron chi connectivity index (χ1n) is 4.93. The molecular weight excluding hydrogens is 176 g/mol. The average molecular weight is 192 g/mol. The Balaban J connectivity index is 2.25. The Kier molecular flexibility index (Phi) is 2.10. The van der Waals surface area contributed by atoms with Crippen LogP contribution in [0.25, 0.3) is 0 Å². The zero-order chi connectivity index (χ0) is 10.2. The highest BCUT2D eigenvalue weighted by molar-refractivity contribution is 5.82. The predicted octanol–water partition coefficient (Wildman–Crippen LogP) is 1.83. The molecule has 76 valence electrons. The van der Waals surface area contributed by atoms with Crippen molar-refractivity contribution in [3.8, 4) is 0 Å². The predicted molar refractivity (Wildman–Crippen MR) is 57.0 cm³/mol. The van der Waals surface area contributed by atoms with Crippen molar-refractivity contribution in [2.75, 3.05) is 6.61 Å². The third-order valence-corrected chi connectivity index (χ3v) is 2.46. The maximum absolute atomic E-state index is 5.62. The molecule has 1 atom stereocenters. The van der Waals surface area contributed by atoms with E-state index in [1.54, 1.807) is 0 Å². The topological polar surface area (TPSA) is 33.6 Å². The first-order valence-corrected chi connectivity index (χ1v) is 4.93. The fourth-order valence-corrected chi connectivity index (χ4v) is 1.58. The smallest absolute Gasteiger partial charge is 0.192 e. The Hall–Kier alpha value is -1.25. The van der Waals surface area contributed by atoms with Gasteiger partial charge < -0.3 is 10.1 Å². The first kappa shape index (κ1) is 9.31. The van der Waals surface area contributed by atoms with Gasteiger partial charge in [-0.05, 0) is 13.8 Å². The Morgan fingerprint density at radius 1 is 1.57 bits per heavy atom. The molecule has 3 nitrogen and oxygen atoms in total. The zero-order valence-corrected chi connectivity index (χ0v) is 8.87. The van der Waals surface area contributed by atoms with E-state index in [4.69, 9.17) is 4.74 Å². The summed E-state index contributed by atoms with van der Waals surface area (Å²) >= 11 is 0. The third kappa shape index (κ3) is 1.67. The normalized spacial score (nSPS) is 34.1. The number of nitrogens with one attached hydrogen (secondary N) is 1. The summed E-state index contributed by atoms with van der Waals surface area (Å²) < 4.78 is 5.62. The lowest BCUT2D eigenvalue weighted by molar-refractivity contribution is 0.234. The van der Waals surface area contributed by atoms with Crippen LogP contribution < -0.4 is 5.32 Å². The van der Waals surface area contributed by atoms with E-state index in [2.05, 4.69) is 37.2 Å². The van der Waals surface area contributed by atoms with Crippen molar-refractivity contribution in [3.63, 3.8) is 0 Å². The standard InChI is InChI=1S/C11H16N2O/c1-8-4-5-12-6-9(8)10-13-11(2,3)7-14-10/h4-6,8,13H,7H2,1-3H3. The lowest BCUT2D eigenvalue weighted by Crippen LogP contribution is -2.34. The van der Waals surface area contributed by atoms with Crippen LogP contribution in [0.3, 0.4) is 0 Å². The molecule has 0 spiro atoms. The molecule has 0 aliphatic carbocycles. The van der Waals surface area contributed by atoms with E-state index >= 15 is 0 Å². The van der Waals surface area contributed by atoms with Gasteiger partial charge in [0.2, 0.25) is 0 Å². The van der Waals surface area contributed by atoms with Crippen molar-refractivity contribution in [1.82, 2.24) is 5.32 Å². The lowest BCUT2D eigenvalue weighted by atomic mass is 10.0. The molecule has 1 N–H and O–H groups in total. The van der Waals surface area contributed by atoms with Crippen LogP contribution in [-0.2, 0) is 4.74 Å². The molecule has 2 rings (SSSR count). The molecule has 14 heavy (non-hydrogen) atoms. The van der Waals surface area contributed by atoms with Crippen molar-refractivity contribution >= 4 is 6.21 Å². The second-order valence-electron chi connectivity index (χ2n) is 4.49. The monoisotopic (exact) mass is 192 g/mol. The number of aliphatic imine (C=N–C) groups is 1. The van der Waals surface area contributed by atoms with Crippen molar-refractivity contribution in [2.45, 2.75) is 26.3 Å². The van der Waals surface area contributed by atoms with E-state index in [0.717, 1.165) is 18.1 Å². The van der Waals surface area contributed by atoms with Crippen molar-refractivity contribution < 1.29 is 4.74 Å². The summed E-state index contributed by atoms with van der Waals surface area (Å²) in [7, 11) is 0. The number of allylic oxidation sites excluding steroid dienone is 2. The minimum atomic E-state index is 0.0387. The molecule has 0 bridgehead atoms. The fraction of sp³-hybridized carbons (Fsp3) is 0.545. The molecule has 1 saturated heterocycles. The van der Waals surface area contributed by atoms with Crippen LogP contribution >= 0.6 is 0 Å². The van der Waals surface area contributed by atoms with E-state index in [9.17, 15) is 0 Å². The van der Waals surface area contributed by atoms with Crippen molar-refractivity contribution in [3.05, 3.63) is 23.7 Å². The molecule has 0 amide bonds. The first-order chi connectivity index (χ1) is 6.58. The SMILES string of the molecule is CC1C=CN=CC1=C1NC(C)(C)CO1. The molecule has 1 fully saturated rings. The highest BCUT2D eigenvalue weighted by Gasteiger charge is 2.30. The van der Waals surface area contributed by atoms with Crippen molar-refractivity contribution in [2.24, 2.45) is 10.9 Å². The molecule has 0 aromatic carbocycles. The molecule has 2 aliphatic heterocycles. The molecule has 0 radical (unpaired) electrons. The Morgan fingerprint density at radius 2 is 2.36 bits per heavy atom. The number of hydrogen-bond donors (Lipinski definition) is 1. The molecule has 3 heteroatoms. The van der Waals surface area contributed by atoms with Gasteiger partial charge in [0.15, 0.2) is 5.88 Å². The highest BCUT2D eigenvalue weighted by Crippen LogP contribution is 2.24. The van der Waals surface area contributed by atoms with Crippen LogP contribution in [0.1, 0.15) is 20.8 Å². The van der Waals surface area contributed by atoms with Gasteiger partial charge in [-0.2, -0.15) is 0 Å². The summed E-state index contributed by atoms with van der Waals surface area (Å²) in [4.78, 5) is 4.12. The van der Waals surface area contributed by atoms with Gasteiger partial charge >= 0.3 is 0 Å². The molecule has 1 unspecified atom stereocenters. The number of nitrogens with zero attached hydrogens (tertiary/aromatic N) is 1. The number of hydrogen-bond acceptors (Lipinski definition) is 3. The van der Waals surface area contributed by atoms with Gasteiger partial charge in [0.05, 0.1) is 5.54 Å². The number of ether oxygens (including phenoxy) is 1. The van der Waals surface area contributed by atoms with Gasteiger partial charge in [0.1, 0.15) is 6.61 Å². The van der Waals surface area contributed by atoms with E-state index in [0.29, 0.717) is 5.92 Å². The maximum Gasteiger partial charge on any atom is 0.192 e. The summed E-state index contributed by atoms with van der Waals surface area (Å²) in [6.45, 7) is 7.11. The van der Waals surface area contributed by atoms with Crippen LogP contribution in [0.15, 0.2) is 28.7 Å². The minimum Gasteiger partial charge on any atom is -0.476 e. The summed E-state index contributed by atoms with van der Waals surface area (Å²) in [5.41, 5.74) is 1.18. The fourth-order valence-electron chi connectivity index (χ4n) is 1.58. The van der Waals surface area contributed by atoms with Crippen LogP contribution in [0, 0.1) is 5.92 Å². The molecule has 0 aromatic rings. The Morgan fingerprint density at radius 3 is 2.93 bits per heavy atom. The summed E-state index contributed by atoms with van der Waals surface area (Å²) in [5.74, 6) is 1.26. The van der Waals surface area contributed by atoms with E-state index in [1.807, 2.05) is 12.4 Å². The third-order valence-electron chi connectivity index (χ3n) is 2.46. The minimum absolute atomic E-state index is 0.0387. The summed E-state index contributed by atoms with van der Waals surface area (Å²) in [6.07, 6.45) is 5.77. The highest BCUT2D eigenvalue weighted by atomic mass is 16.5. The zero-order valence-electron chi connectivity index (χ0n) is 8.87. The van der Waals surface area contributed by atoms with Gasteiger partial charge in [-0.1, -0.05) is 13.0 Å². The molecule has 0 saturated carbocycles. The van der Waals surface area contributed by atoms with Crippen LogP contribution in [0.4, 0.5) is 0 Å². The van der Waals surface area contributed by atoms with Gasteiger partial charge in [0, 0.05) is 23.9 Å².